The summed E-state index contributed by atoms with van der Waals surface area (Å²) in [5.74, 6) is 0. The molecule has 0 amide bonds. The van der Waals surface area contributed by atoms with Crippen LogP contribution >= 0.6 is 0 Å². The van der Waals surface area contributed by atoms with Gasteiger partial charge in [0.1, 0.15) is 5.54 Å². The fraction of sp³-hybridized carbons (Fsp3) is 0.929. The maximum absolute atomic E-state index is 9.46. The highest BCUT2D eigenvalue weighted by Crippen LogP contribution is 2.38. The number of hydrogen-bond acceptors (Lipinski definition) is 3. The second-order valence-corrected chi connectivity index (χ2v) is 5.95. The van der Waals surface area contributed by atoms with E-state index in [1.165, 1.54) is 19.3 Å². The Morgan fingerprint density at radius 2 is 2.06 bits per heavy atom. The van der Waals surface area contributed by atoms with Crippen LogP contribution in [0, 0.1) is 11.3 Å². The van der Waals surface area contributed by atoms with Crippen molar-refractivity contribution < 1.29 is 0 Å². The summed E-state index contributed by atoms with van der Waals surface area (Å²) < 4.78 is 0. The van der Waals surface area contributed by atoms with Gasteiger partial charge in [0.2, 0.25) is 0 Å². The Kier molecular flexibility index (Phi) is 3.75. The molecule has 0 aromatic heterocycles. The lowest BCUT2D eigenvalue weighted by atomic mass is 9.98. The highest BCUT2D eigenvalue weighted by Gasteiger charge is 2.44. The molecular weight excluding hydrogens is 210 g/mol. The number of nitrogens with zero attached hydrogens (tertiary/aromatic N) is 2. The number of nitrogens with one attached hydrogen (secondary N) is 1. The van der Waals surface area contributed by atoms with E-state index in [0.717, 1.165) is 25.4 Å². The highest BCUT2D eigenvalue weighted by molar-refractivity contribution is 5.14. The topological polar surface area (TPSA) is 39.1 Å². The minimum Gasteiger partial charge on any atom is -0.298 e. The lowest BCUT2D eigenvalue weighted by Crippen LogP contribution is -2.47. The van der Waals surface area contributed by atoms with E-state index in [2.05, 4.69) is 37.1 Å². The molecule has 3 heteroatoms. The predicted molar refractivity (Wildman–Crippen MR) is 69.7 cm³/mol. The maximum Gasteiger partial charge on any atom is 0.108 e. The zero-order valence-corrected chi connectivity index (χ0v) is 11.4. The fourth-order valence-corrected chi connectivity index (χ4v) is 3.34. The van der Waals surface area contributed by atoms with Crippen molar-refractivity contribution in [3.8, 4) is 6.07 Å². The first-order valence-corrected chi connectivity index (χ1v) is 7.05. The summed E-state index contributed by atoms with van der Waals surface area (Å²) in [7, 11) is 0. The van der Waals surface area contributed by atoms with E-state index in [1.807, 2.05) is 0 Å². The molecular formula is C14H25N3. The summed E-state index contributed by atoms with van der Waals surface area (Å²) in [4.78, 5) is 2.63. The Labute approximate surface area is 105 Å². The second kappa shape index (κ2) is 4.96. The Balaban J connectivity index is 1.99. The molecule has 0 bridgehead atoms. The van der Waals surface area contributed by atoms with Crippen molar-refractivity contribution >= 4 is 0 Å². The van der Waals surface area contributed by atoms with E-state index in [4.69, 9.17) is 0 Å². The third kappa shape index (κ3) is 2.81. The Morgan fingerprint density at radius 3 is 2.53 bits per heavy atom. The van der Waals surface area contributed by atoms with E-state index < -0.39 is 0 Å². The zero-order valence-electron chi connectivity index (χ0n) is 11.4. The zero-order chi connectivity index (χ0) is 12.5. The normalized spacial score (nSPS) is 33.3. The Bertz CT molecular complexity index is 303. The molecule has 17 heavy (non-hydrogen) atoms. The quantitative estimate of drug-likeness (QED) is 0.794. The monoisotopic (exact) mass is 235 g/mol. The van der Waals surface area contributed by atoms with Gasteiger partial charge in [-0.15, -0.1) is 0 Å². The lowest BCUT2D eigenvalue weighted by molar-refractivity contribution is 0.191. The van der Waals surface area contributed by atoms with Crippen molar-refractivity contribution in [1.29, 1.82) is 5.26 Å². The van der Waals surface area contributed by atoms with Gasteiger partial charge in [0, 0.05) is 18.1 Å². The predicted octanol–water partition coefficient (Wildman–Crippen LogP) is 2.28. The van der Waals surface area contributed by atoms with Crippen LogP contribution in [0.3, 0.4) is 0 Å². The van der Waals surface area contributed by atoms with Crippen molar-refractivity contribution in [2.45, 2.75) is 76.5 Å². The third-order valence-corrected chi connectivity index (χ3v) is 4.12. The summed E-state index contributed by atoms with van der Waals surface area (Å²) >= 11 is 0. The van der Waals surface area contributed by atoms with Crippen LogP contribution in [0.15, 0.2) is 0 Å². The summed E-state index contributed by atoms with van der Waals surface area (Å²) in [6.45, 7) is 7.65. The van der Waals surface area contributed by atoms with Crippen molar-refractivity contribution in [3.05, 3.63) is 0 Å². The molecule has 0 radical (unpaired) electrons. The third-order valence-electron chi connectivity index (χ3n) is 4.12. The molecule has 1 N–H and O–H groups in total. The van der Waals surface area contributed by atoms with Crippen molar-refractivity contribution in [3.63, 3.8) is 0 Å². The van der Waals surface area contributed by atoms with Gasteiger partial charge >= 0.3 is 0 Å². The van der Waals surface area contributed by atoms with Crippen LogP contribution in [-0.4, -0.2) is 35.1 Å². The van der Waals surface area contributed by atoms with Crippen LogP contribution < -0.4 is 5.32 Å². The van der Waals surface area contributed by atoms with Gasteiger partial charge in [-0.1, -0.05) is 6.92 Å². The van der Waals surface area contributed by atoms with Gasteiger partial charge < -0.3 is 0 Å². The summed E-state index contributed by atoms with van der Waals surface area (Å²) in [6.07, 6.45) is 5.92. The first kappa shape index (κ1) is 12.9. The standard InChI is InChI=1S/C14H25N3/c1-4-17(12-5-6-12)13-7-8-14(9-13,10-15)16-11(2)3/h11-13,16H,4-9H2,1-3H3. The molecule has 0 aromatic carbocycles. The van der Waals surface area contributed by atoms with Crippen molar-refractivity contribution in [1.82, 2.24) is 10.2 Å². The average Bonchev–Trinajstić information content (AvgIpc) is 3.02. The molecule has 2 atom stereocenters. The lowest BCUT2D eigenvalue weighted by Gasteiger charge is -2.30. The van der Waals surface area contributed by atoms with E-state index in [9.17, 15) is 5.26 Å². The van der Waals surface area contributed by atoms with Gasteiger partial charge in [0.05, 0.1) is 6.07 Å². The first-order chi connectivity index (χ1) is 8.10. The fourth-order valence-electron chi connectivity index (χ4n) is 3.34. The van der Waals surface area contributed by atoms with Crippen molar-refractivity contribution in [2.24, 2.45) is 0 Å². The molecule has 2 aliphatic rings. The van der Waals surface area contributed by atoms with Crippen LogP contribution in [0.25, 0.3) is 0 Å². The largest absolute Gasteiger partial charge is 0.298 e. The molecule has 0 aromatic rings. The van der Waals surface area contributed by atoms with Gasteiger partial charge in [-0.05, 0) is 52.5 Å². The van der Waals surface area contributed by atoms with Crippen LogP contribution in [0.1, 0.15) is 52.9 Å². The van der Waals surface area contributed by atoms with Gasteiger partial charge in [-0.2, -0.15) is 5.26 Å². The molecule has 2 unspecified atom stereocenters. The highest BCUT2D eigenvalue weighted by atomic mass is 15.2. The second-order valence-electron chi connectivity index (χ2n) is 5.95. The summed E-state index contributed by atoms with van der Waals surface area (Å²) in [5, 5.41) is 12.9. The minimum atomic E-state index is -0.263. The van der Waals surface area contributed by atoms with Crippen LogP contribution in [0.4, 0.5) is 0 Å². The van der Waals surface area contributed by atoms with Gasteiger partial charge in [-0.25, -0.2) is 0 Å². The number of rotatable bonds is 5. The average molecular weight is 235 g/mol. The molecule has 3 nitrogen and oxygen atoms in total. The van der Waals surface area contributed by atoms with Gasteiger partial charge in [0.15, 0.2) is 0 Å². The molecule has 0 saturated heterocycles. The molecule has 2 aliphatic carbocycles. The number of nitriles is 1. The number of hydrogen-bond donors (Lipinski definition) is 1. The van der Waals surface area contributed by atoms with E-state index in [1.54, 1.807) is 0 Å². The van der Waals surface area contributed by atoms with E-state index in [0.29, 0.717) is 12.1 Å². The molecule has 0 heterocycles. The van der Waals surface area contributed by atoms with Crippen LogP contribution in [0.5, 0.6) is 0 Å². The summed E-state index contributed by atoms with van der Waals surface area (Å²) in [6, 6.07) is 4.37. The van der Waals surface area contributed by atoms with E-state index in [-0.39, 0.29) is 5.54 Å². The van der Waals surface area contributed by atoms with Gasteiger partial charge in [-0.3, -0.25) is 10.2 Å². The Morgan fingerprint density at radius 1 is 1.35 bits per heavy atom. The first-order valence-electron chi connectivity index (χ1n) is 7.05. The van der Waals surface area contributed by atoms with Gasteiger partial charge in [0.25, 0.3) is 0 Å². The summed E-state index contributed by atoms with van der Waals surface area (Å²) in [5.41, 5.74) is -0.263. The van der Waals surface area contributed by atoms with E-state index >= 15 is 0 Å². The molecule has 2 saturated carbocycles. The van der Waals surface area contributed by atoms with Crippen LogP contribution in [0.2, 0.25) is 0 Å². The minimum absolute atomic E-state index is 0.263. The molecule has 0 aliphatic heterocycles. The maximum atomic E-state index is 9.46. The molecule has 96 valence electrons. The van der Waals surface area contributed by atoms with Crippen molar-refractivity contribution in [2.75, 3.05) is 6.54 Å². The molecule has 0 spiro atoms. The molecule has 2 fully saturated rings. The SMILES string of the molecule is CCN(C1CC1)C1CCC(C#N)(NC(C)C)C1. The Hall–Kier alpha value is -0.590. The smallest absolute Gasteiger partial charge is 0.108 e. The van der Waals surface area contributed by atoms with Crippen LogP contribution in [-0.2, 0) is 0 Å². The molecule has 2 rings (SSSR count).